The van der Waals surface area contributed by atoms with Crippen LogP contribution < -0.4 is 11.3 Å². The zero-order chi connectivity index (χ0) is 12.6. The topological polar surface area (TPSA) is 50.9 Å². The molecular formula is C15H25N3. The Bertz CT molecular complexity index is 318. The predicted molar refractivity (Wildman–Crippen MR) is 74.9 cm³/mol. The monoisotopic (exact) mass is 247 g/mol. The lowest BCUT2D eigenvalue weighted by Crippen LogP contribution is -2.38. The Labute approximate surface area is 110 Å². The molecule has 3 N–H and O–H groups in total. The fourth-order valence-corrected chi connectivity index (χ4v) is 3.02. The lowest BCUT2D eigenvalue weighted by Gasteiger charge is -2.22. The van der Waals surface area contributed by atoms with Crippen LogP contribution in [0.25, 0.3) is 0 Å². The normalized spacial score (nSPS) is 19.4. The summed E-state index contributed by atoms with van der Waals surface area (Å²) in [5, 5.41) is 0. The highest BCUT2D eigenvalue weighted by Crippen LogP contribution is 2.27. The van der Waals surface area contributed by atoms with E-state index < -0.39 is 0 Å². The highest BCUT2D eigenvalue weighted by molar-refractivity contribution is 5.11. The van der Waals surface area contributed by atoms with Gasteiger partial charge in [0.05, 0.1) is 0 Å². The molecule has 3 nitrogen and oxygen atoms in total. The molecular weight excluding hydrogens is 222 g/mol. The van der Waals surface area contributed by atoms with Crippen LogP contribution in [0.5, 0.6) is 0 Å². The smallest absolute Gasteiger partial charge is 0.0270 e. The molecule has 0 aliphatic heterocycles. The van der Waals surface area contributed by atoms with E-state index in [4.69, 9.17) is 5.84 Å². The van der Waals surface area contributed by atoms with Gasteiger partial charge >= 0.3 is 0 Å². The Morgan fingerprint density at radius 1 is 1.17 bits per heavy atom. The van der Waals surface area contributed by atoms with Crippen LogP contribution in [-0.2, 0) is 6.42 Å². The summed E-state index contributed by atoms with van der Waals surface area (Å²) in [5.41, 5.74) is 4.32. The molecule has 0 saturated heterocycles. The van der Waals surface area contributed by atoms with Crippen LogP contribution in [0.1, 0.15) is 50.5 Å². The van der Waals surface area contributed by atoms with Crippen LogP contribution in [0.2, 0.25) is 0 Å². The third-order valence-electron chi connectivity index (χ3n) is 4.06. The van der Waals surface area contributed by atoms with Gasteiger partial charge in [0.1, 0.15) is 0 Å². The van der Waals surface area contributed by atoms with Crippen LogP contribution in [0.15, 0.2) is 24.5 Å². The highest BCUT2D eigenvalue weighted by atomic mass is 15.2. The first-order valence-electron chi connectivity index (χ1n) is 7.23. The first kappa shape index (κ1) is 13.5. The fraction of sp³-hybridized carbons (Fsp3) is 0.667. The van der Waals surface area contributed by atoms with Crippen molar-refractivity contribution in [3.63, 3.8) is 0 Å². The van der Waals surface area contributed by atoms with Gasteiger partial charge in [-0.2, -0.15) is 0 Å². The molecule has 1 aromatic heterocycles. The van der Waals surface area contributed by atoms with E-state index in [2.05, 4.69) is 22.5 Å². The molecule has 1 heterocycles. The quantitative estimate of drug-likeness (QED) is 0.478. The second-order valence-electron chi connectivity index (χ2n) is 5.52. The van der Waals surface area contributed by atoms with E-state index in [1.165, 1.54) is 50.5 Å². The Kier molecular flexibility index (Phi) is 5.62. The zero-order valence-electron chi connectivity index (χ0n) is 11.1. The van der Waals surface area contributed by atoms with Crippen molar-refractivity contribution in [3.8, 4) is 0 Å². The molecule has 2 rings (SSSR count). The van der Waals surface area contributed by atoms with Gasteiger partial charge < -0.3 is 0 Å². The van der Waals surface area contributed by atoms with Crippen LogP contribution in [0, 0.1) is 5.92 Å². The summed E-state index contributed by atoms with van der Waals surface area (Å²) in [6.45, 7) is 0. The molecule has 1 atom stereocenters. The zero-order valence-corrected chi connectivity index (χ0v) is 11.1. The van der Waals surface area contributed by atoms with Crippen molar-refractivity contribution < 1.29 is 0 Å². The largest absolute Gasteiger partial charge is 0.271 e. The van der Waals surface area contributed by atoms with E-state index in [0.29, 0.717) is 6.04 Å². The molecule has 1 aromatic rings. The maximum Gasteiger partial charge on any atom is 0.0270 e. The summed E-state index contributed by atoms with van der Waals surface area (Å²) in [6, 6.07) is 4.56. The number of hydrogen-bond acceptors (Lipinski definition) is 3. The second-order valence-corrected chi connectivity index (χ2v) is 5.52. The van der Waals surface area contributed by atoms with E-state index >= 15 is 0 Å². The van der Waals surface area contributed by atoms with Gasteiger partial charge in [-0.3, -0.25) is 16.3 Å². The van der Waals surface area contributed by atoms with E-state index in [0.717, 1.165) is 12.3 Å². The lowest BCUT2D eigenvalue weighted by atomic mass is 9.90. The number of pyridine rings is 1. The Morgan fingerprint density at radius 3 is 2.44 bits per heavy atom. The number of nitrogens with one attached hydrogen (secondary N) is 1. The number of aromatic nitrogens is 1. The van der Waals surface area contributed by atoms with Crippen molar-refractivity contribution in [1.82, 2.24) is 10.4 Å². The summed E-state index contributed by atoms with van der Waals surface area (Å²) < 4.78 is 0. The molecule has 1 aliphatic carbocycles. The van der Waals surface area contributed by atoms with Gasteiger partial charge in [-0.25, -0.2) is 0 Å². The van der Waals surface area contributed by atoms with Crippen molar-refractivity contribution in [2.24, 2.45) is 11.8 Å². The number of hydrogen-bond donors (Lipinski definition) is 2. The Balaban J connectivity index is 1.84. The van der Waals surface area contributed by atoms with Gasteiger partial charge in [0.15, 0.2) is 0 Å². The minimum atomic E-state index is 0.399. The standard InChI is InChI=1S/C15H25N3/c16-18-15(12-14-7-9-17-10-8-14)11-13-5-3-1-2-4-6-13/h7-10,13,15,18H,1-6,11-12,16H2. The molecule has 18 heavy (non-hydrogen) atoms. The van der Waals surface area contributed by atoms with E-state index in [9.17, 15) is 0 Å². The lowest BCUT2D eigenvalue weighted by molar-refractivity contribution is 0.352. The molecule has 1 saturated carbocycles. The number of hydrazine groups is 1. The van der Waals surface area contributed by atoms with E-state index in [1.54, 1.807) is 0 Å². The van der Waals surface area contributed by atoms with Gasteiger partial charge in [-0.15, -0.1) is 0 Å². The summed E-state index contributed by atoms with van der Waals surface area (Å²) in [5.74, 6) is 6.57. The van der Waals surface area contributed by atoms with Gasteiger partial charge in [0, 0.05) is 18.4 Å². The molecule has 0 radical (unpaired) electrons. The van der Waals surface area contributed by atoms with Crippen molar-refractivity contribution in [3.05, 3.63) is 30.1 Å². The average molecular weight is 247 g/mol. The average Bonchev–Trinajstić information content (AvgIpc) is 2.68. The van der Waals surface area contributed by atoms with Crippen LogP contribution in [-0.4, -0.2) is 11.0 Å². The number of rotatable bonds is 5. The SMILES string of the molecule is NNC(Cc1ccncc1)CC1CCCCCC1. The van der Waals surface area contributed by atoms with E-state index in [1.807, 2.05) is 12.4 Å². The fourth-order valence-electron chi connectivity index (χ4n) is 3.02. The third-order valence-corrected chi connectivity index (χ3v) is 4.06. The van der Waals surface area contributed by atoms with Gasteiger partial charge in [-0.05, 0) is 36.5 Å². The summed E-state index contributed by atoms with van der Waals surface area (Å²) in [7, 11) is 0. The maximum absolute atomic E-state index is 5.71. The van der Waals surface area contributed by atoms with Crippen molar-refractivity contribution >= 4 is 0 Å². The van der Waals surface area contributed by atoms with Crippen molar-refractivity contribution in [2.75, 3.05) is 0 Å². The van der Waals surface area contributed by atoms with Crippen LogP contribution >= 0.6 is 0 Å². The molecule has 0 bridgehead atoms. The minimum absolute atomic E-state index is 0.399. The predicted octanol–water partition coefficient (Wildman–Crippen LogP) is 2.82. The third kappa shape index (κ3) is 4.39. The number of nitrogens with two attached hydrogens (primary N) is 1. The molecule has 1 fully saturated rings. The highest BCUT2D eigenvalue weighted by Gasteiger charge is 2.17. The summed E-state index contributed by atoms with van der Waals surface area (Å²) >= 11 is 0. The van der Waals surface area contributed by atoms with Crippen molar-refractivity contribution in [2.45, 2.75) is 57.4 Å². The van der Waals surface area contributed by atoms with Gasteiger partial charge in [0.25, 0.3) is 0 Å². The van der Waals surface area contributed by atoms with Crippen molar-refractivity contribution in [1.29, 1.82) is 0 Å². The first-order chi connectivity index (χ1) is 8.88. The molecule has 0 aromatic carbocycles. The van der Waals surface area contributed by atoms with E-state index in [-0.39, 0.29) is 0 Å². The molecule has 0 spiro atoms. The maximum atomic E-state index is 5.71. The van der Waals surface area contributed by atoms with Gasteiger partial charge in [-0.1, -0.05) is 38.5 Å². The number of nitrogens with zero attached hydrogens (tertiary/aromatic N) is 1. The minimum Gasteiger partial charge on any atom is -0.271 e. The molecule has 1 unspecified atom stereocenters. The summed E-state index contributed by atoms with van der Waals surface area (Å²) in [4.78, 5) is 4.05. The molecule has 1 aliphatic rings. The second kappa shape index (κ2) is 7.49. The Hall–Kier alpha value is -0.930. The molecule has 0 amide bonds. The summed E-state index contributed by atoms with van der Waals surface area (Å²) in [6.07, 6.45) is 14.3. The Morgan fingerprint density at radius 2 is 1.83 bits per heavy atom. The van der Waals surface area contributed by atoms with Gasteiger partial charge in [0.2, 0.25) is 0 Å². The van der Waals surface area contributed by atoms with Crippen LogP contribution in [0.4, 0.5) is 0 Å². The van der Waals surface area contributed by atoms with Crippen LogP contribution in [0.3, 0.4) is 0 Å². The molecule has 100 valence electrons. The molecule has 3 heteroatoms. The first-order valence-corrected chi connectivity index (χ1v) is 7.23.